The Kier molecular flexibility index (Phi) is 7.45. The molecule has 3 nitrogen and oxygen atoms in total. The van der Waals surface area contributed by atoms with Crippen LogP contribution >= 0.6 is 0 Å². The molecule has 0 aromatic heterocycles. The summed E-state index contributed by atoms with van der Waals surface area (Å²) in [6.07, 6.45) is 0.443. The van der Waals surface area contributed by atoms with Crippen molar-refractivity contribution in [3.63, 3.8) is 0 Å². The van der Waals surface area contributed by atoms with E-state index >= 15 is 0 Å². The highest BCUT2D eigenvalue weighted by Gasteiger charge is 2.06. The topological polar surface area (TPSA) is 30.5 Å². The Morgan fingerprint density at radius 1 is 1.25 bits per heavy atom. The van der Waals surface area contributed by atoms with Crippen molar-refractivity contribution in [2.45, 2.75) is 33.0 Å². The van der Waals surface area contributed by atoms with Crippen LogP contribution in [0.5, 0.6) is 0 Å². The fourth-order valence-corrected chi connectivity index (χ4v) is 1.06. The predicted octanol–water partition coefficient (Wildman–Crippen LogP) is 1.04. The summed E-state index contributed by atoms with van der Waals surface area (Å²) in [5.74, 6) is 0. The number of ether oxygens (including phenoxy) is 2. The molecule has 0 aliphatic carbocycles. The molecule has 0 aliphatic heterocycles. The molecule has 0 bridgehead atoms. The lowest BCUT2D eigenvalue weighted by molar-refractivity contribution is -0.0378. The number of hydrogen-bond donors (Lipinski definition) is 1. The molecular formula is C9H21NO2. The summed E-state index contributed by atoms with van der Waals surface area (Å²) in [7, 11) is 1.92. The van der Waals surface area contributed by atoms with Gasteiger partial charge in [0.25, 0.3) is 0 Å². The van der Waals surface area contributed by atoms with Gasteiger partial charge in [0, 0.05) is 13.2 Å². The number of hydrogen-bond acceptors (Lipinski definition) is 3. The van der Waals surface area contributed by atoms with Crippen LogP contribution in [0.25, 0.3) is 0 Å². The Hall–Kier alpha value is -0.120. The van der Waals surface area contributed by atoms with Crippen LogP contribution in [0, 0.1) is 0 Å². The monoisotopic (exact) mass is 175 g/mol. The van der Waals surface area contributed by atoms with Gasteiger partial charge in [0.2, 0.25) is 0 Å². The van der Waals surface area contributed by atoms with Crippen LogP contribution in [0.3, 0.4) is 0 Å². The third kappa shape index (κ3) is 6.58. The fourth-order valence-electron chi connectivity index (χ4n) is 1.06. The summed E-state index contributed by atoms with van der Waals surface area (Å²) >= 11 is 0. The van der Waals surface area contributed by atoms with Gasteiger partial charge >= 0.3 is 0 Å². The van der Waals surface area contributed by atoms with E-state index in [1.165, 1.54) is 0 Å². The molecule has 0 heterocycles. The zero-order chi connectivity index (χ0) is 9.40. The van der Waals surface area contributed by atoms with Crippen LogP contribution in [0.2, 0.25) is 0 Å². The van der Waals surface area contributed by atoms with Crippen LogP contribution in [0.4, 0.5) is 0 Å². The molecule has 0 saturated heterocycles. The molecule has 0 aliphatic rings. The van der Waals surface area contributed by atoms with Gasteiger partial charge in [0.05, 0.1) is 18.8 Å². The van der Waals surface area contributed by atoms with E-state index in [0.717, 1.165) is 13.2 Å². The molecule has 2 unspecified atom stereocenters. The van der Waals surface area contributed by atoms with Gasteiger partial charge in [-0.2, -0.15) is 0 Å². The molecule has 0 aromatic carbocycles. The summed E-state index contributed by atoms with van der Waals surface area (Å²) in [6.45, 7) is 8.40. The van der Waals surface area contributed by atoms with Crippen LogP contribution in [0.15, 0.2) is 0 Å². The average molecular weight is 175 g/mol. The molecule has 12 heavy (non-hydrogen) atoms. The summed E-state index contributed by atoms with van der Waals surface area (Å²) in [4.78, 5) is 0. The van der Waals surface area contributed by atoms with Crippen molar-refractivity contribution < 1.29 is 9.47 Å². The third-order valence-electron chi connectivity index (χ3n) is 1.51. The molecule has 0 amide bonds. The van der Waals surface area contributed by atoms with E-state index < -0.39 is 0 Å². The van der Waals surface area contributed by atoms with Gasteiger partial charge in [-0.15, -0.1) is 0 Å². The molecule has 1 N–H and O–H groups in total. The first kappa shape index (κ1) is 11.9. The minimum atomic E-state index is 0.188. The van der Waals surface area contributed by atoms with E-state index in [9.17, 15) is 0 Å². The van der Waals surface area contributed by atoms with Crippen molar-refractivity contribution in [3.8, 4) is 0 Å². The summed E-state index contributed by atoms with van der Waals surface area (Å²) in [5.41, 5.74) is 0. The summed E-state index contributed by atoms with van der Waals surface area (Å²) in [5, 5.41) is 3.06. The zero-order valence-electron chi connectivity index (χ0n) is 8.59. The quantitative estimate of drug-likeness (QED) is 0.627. The minimum absolute atomic E-state index is 0.188. The molecule has 0 radical (unpaired) electrons. The number of likely N-dealkylation sites (N-methyl/N-ethyl adjacent to an activating group) is 1. The van der Waals surface area contributed by atoms with Crippen molar-refractivity contribution in [2.75, 3.05) is 26.8 Å². The molecule has 0 spiro atoms. The summed E-state index contributed by atoms with van der Waals surface area (Å²) < 4.78 is 10.8. The van der Waals surface area contributed by atoms with Gasteiger partial charge in [-0.3, -0.25) is 0 Å². The predicted molar refractivity (Wildman–Crippen MR) is 50.4 cm³/mol. The highest BCUT2D eigenvalue weighted by Crippen LogP contribution is 1.97. The highest BCUT2D eigenvalue weighted by atomic mass is 16.5. The van der Waals surface area contributed by atoms with Crippen molar-refractivity contribution >= 4 is 0 Å². The van der Waals surface area contributed by atoms with Crippen LogP contribution in [-0.4, -0.2) is 39.0 Å². The normalized spacial score (nSPS) is 16.0. The molecule has 0 saturated carbocycles. The maximum absolute atomic E-state index is 5.61. The van der Waals surface area contributed by atoms with E-state index in [1.54, 1.807) is 0 Å². The van der Waals surface area contributed by atoms with E-state index in [4.69, 9.17) is 9.47 Å². The van der Waals surface area contributed by atoms with Crippen LogP contribution in [-0.2, 0) is 9.47 Å². The number of nitrogens with one attached hydrogen (secondary N) is 1. The molecule has 0 aromatic rings. The molecular weight excluding hydrogens is 154 g/mol. The first-order valence-corrected chi connectivity index (χ1v) is 4.58. The number of rotatable bonds is 7. The first-order valence-electron chi connectivity index (χ1n) is 4.58. The maximum atomic E-state index is 5.61. The molecule has 3 heteroatoms. The molecule has 74 valence electrons. The first-order chi connectivity index (χ1) is 5.70. The Balaban J connectivity index is 3.33. The van der Waals surface area contributed by atoms with Gasteiger partial charge in [0.1, 0.15) is 0 Å². The van der Waals surface area contributed by atoms with E-state index in [-0.39, 0.29) is 12.2 Å². The Morgan fingerprint density at radius 2 is 1.92 bits per heavy atom. The van der Waals surface area contributed by atoms with Crippen molar-refractivity contribution in [1.82, 2.24) is 5.32 Å². The maximum Gasteiger partial charge on any atom is 0.0784 e. The SMILES string of the molecule is CCOCC(C)OC(C)CNC. The van der Waals surface area contributed by atoms with Gasteiger partial charge < -0.3 is 14.8 Å². The van der Waals surface area contributed by atoms with E-state index in [1.807, 2.05) is 20.9 Å². The lowest BCUT2D eigenvalue weighted by atomic mass is 10.3. The lowest BCUT2D eigenvalue weighted by Crippen LogP contribution is -2.29. The van der Waals surface area contributed by atoms with E-state index in [0.29, 0.717) is 6.61 Å². The molecule has 0 fully saturated rings. The highest BCUT2D eigenvalue weighted by molar-refractivity contribution is 4.56. The second kappa shape index (κ2) is 7.53. The van der Waals surface area contributed by atoms with Gasteiger partial charge in [-0.1, -0.05) is 0 Å². The lowest BCUT2D eigenvalue weighted by Gasteiger charge is -2.18. The van der Waals surface area contributed by atoms with Crippen molar-refractivity contribution in [3.05, 3.63) is 0 Å². The van der Waals surface area contributed by atoms with Gasteiger partial charge in [-0.05, 0) is 27.8 Å². The molecule has 0 rings (SSSR count). The Bertz CT molecular complexity index is 98.5. The largest absolute Gasteiger partial charge is 0.379 e. The van der Waals surface area contributed by atoms with Crippen molar-refractivity contribution in [1.29, 1.82) is 0 Å². The third-order valence-corrected chi connectivity index (χ3v) is 1.51. The Labute approximate surface area is 75.4 Å². The molecule has 2 atom stereocenters. The standard InChI is InChI=1S/C9H21NO2/c1-5-11-7-9(3)12-8(2)6-10-4/h8-10H,5-7H2,1-4H3. The van der Waals surface area contributed by atoms with Crippen LogP contribution < -0.4 is 5.32 Å². The fraction of sp³-hybridized carbons (Fsp3) is 1.00. The van der Waals surface area contributed by atoms with Gasteiger partial charge in [0.15, 0.2) is 0 Å². The van der Waals surface area contributed by atoms with Gasteiger partial charge in [-0.25, -0.2) is 0 Å². The van der Waals surface area contributed by atoms with E-state index in [2.05, 4.69) is 12.2 Å². The average Bonchev–Trinajstić information content (AvgIpc) is 2.01. The second-order valence-corrected chi connectivity index (χ2v) is 2.97. The zero-order valence-corrected chi connectivity index (χ0v) is 8.59. The van der Waals surface area contributed by atoms with Crippen molar-refractivity contribution in [2.24, 2.45) is 0 Å². The smallest absolute Gasteiger partial charge is 0.0784 e. The summed E-state index contributed by atoms with van der Waals surface area (Å²) in [6, 6.07) is 0. The Morgan fingerprint density at radius 3 is 2.42 bits per heavy atom. The minimum Gasteiger partial charge on any atom is -0.379 e. The van der Waals surface area contributed by atoms with Crippen LogP contribution in [0.1, 0.15) is 20.8 Å². The second-order valence-electron chi connectivity index (χ2n) is 2.97.